The highest BCUT2D eigenvalue weighted by molar-refractivity contribution is 7.96. The van der Waals surface area contributed by atoms with Crippen LogP contribution in [0, 0.1) is 0 Å². The van der Waals surface area contributed by atoms with Crippen molar-refractivity contribution >= 4 is 23.9 Å². The number of hydrogen-bond acceptors (Lipinski definition) is 1. The van der Waals surface area contributed by atoms with Crippen molar-refractivity contribution in [3.8, 4) is 0 Å². The predicted octanol–water partition coefficient (Wildman–Crippen LogP) is 4.48. The third kappa shape index (κ3) is 7.88. The summed E-state index contributed by atoms with van der Waals surface area (Å²) in [5, 5.41) is 0. The van der Waals surface area contributed by atoms with Crippen molar-refractivity contribution in [2.24, 2.45) is 0 Å². The van der Waals surface area contributed by atoms with Crippen LogP contribution in [0.5, 0.6) is 0 Å². The molecule has 0 radical (unpaired) electrons. The molecule has 0 N–H and O–H groups in total. The van der Waals surface area contributed by atoms with E-state index < -0.39 is 7.25 Å². The van der Waals surface area contributed by atoms with Crippen molar-refractivity contribution < 1.29 is 22.1 Å². The molecule has 0 aliphatic carbocycles. The van der Waals surface area contributed by atoms with E-state index in [1.165, 1.54) is 4.90 Å². The van der Waals surface area contributed by atoms with Gasteiger partial charge in [0.2, 0.25) is 5.78 Å². The first-order valence-electron chi connectivity index (χ1n) is 6.40. The minimum absolute atomic E-state index is 0.0135. The first-order chi connectivity index (χ1) is 10.3. The summed E-state index contributed by atoms with van der Waals surface area (Å²) in [5.41, 5.74) is 0.808. The lowest BCUT2D eigenvalue weighted by Crippen LogP contribution is -2.15. The summed E-state index contributed by atoms with van der Waals surface area (Å²) in [6.45, 7) is 0. The van der Waals surface area contributed by atoms with Gasteiger partial charge in [0.25, 0.3) is 0 Å². The van der Waals surface area contributed by atoms with Crippen molar-refractivity contribution in [3.05, 3.63) is 66.2 Å². The molecule has 118 valence electrons. The molecule has 7 heteroatoms. The Balaban J connectivity index is 0.000000422. The van der Waals surface area contributed by atoms with E-state index in [0.29, 0.717) is 5.75 Å². The molecule has 0 saturated heterocycles. The quantitative estimate of drug-likeness (QED) is 0.350. The fourth-order valence-corrected chi connectivity index (χ4v) is 2.99. The second-order valence-electron chi connectivity index (χ2n) is 4.38. The zero-order valence-corrected chi connectivity index (χ0v) is 12.7. The summed E-state index contributed by atoms with van der Waals surface area (Å²) < 4.78 is 39.0. The highest BCUT2D eigenvalue weighted by Crippen LogP contribution is 2.12. The smallest absolute Gasteiger partial charge is 0.418 e. The molecule has 0 saturated carbocycles. The molecule has 0 bridgehead atoms. The predicted molar refractivity (Wildman–Crippen MR) is 83.8 cm³/mol. The van der Waals surface area contributed by atoms with Gasteiger partial charge in [-0.15, -0.1) is 0 Å². The maximum atomic E-state index is 12.0. The number of rotatable bonds is 4. The van der Waals surface area contributed by atoms with E-state index in [1.54, 1.807) is 0 Å². The Morgan fingerprint density at radius 1 is 0.909 bits per heavy atom. The fourth-order valence-electron chi connectivity index (χ4n) is 1.64. The third-order valence-corrected chi connectivity index (χ3v) is 4.36. The Kier molecular flexibility index (Phi) is 7.18. The Morgan fingerprint density at radius 2 is 1.32 bits per heavy atom. The number of Topliss-reactive ketones (excluding diaryl/α,β-unsaturated/α-hetero) is 1. The molecule has 22 heavy (non-hydrogen) atoms. The van der Waals surface area contributed by atoms with Crippen molar-refractivity contribution in [2.75, 3.05) is 12.0 Å². The number of carbonyl (C=O) groups is 1. The lowest BCUT2D eigenvalue weighted by atomic mass is 10.2. The first-order valence-corrected chi connectivity index (χ1v) is 8.21. The third-order valence-electron chi connectivity index (χ3n) is 2.59. The molecule has 1 unspecified atom stereocenters. The number of ketones is 1. The molecule has 0 aliphatic heterocycles. The zero-order valence-electron chi connectivity index (χ0n) is 11.9. The summed E-state index contributed by atoms with van der Waals surface area (Å²) in [6.07, 6.45) is 2.12. The van der Waals surface area contributed by atoms with Crippen LogP contribution in [0.15, 0.2) is 65.6 Å². The van der Waals surface area contributed by atoms with E-state index in [-0.39, 0.29) is 16.7 Å². The van der Waals surface area contributed by atoms with Crippen LogP contribution in [0.1, 0.15) is 10.4 Å². The lowest BCUT2D eigenvalue weighted by molar-refractivity contribution is 0.102. The van der Waals surface area contributed by atoms with Gasteiger partial charge in [-0.05, 0) is 12.1 Å². The van der Waals surface area contributed by atoms with E-state index >= 15 is 0 Å². The molecule has 0 heterocycles. The second kappa shape index (κ2) is 8.63. The van der Waals surface area contributed by atoms with E-state index in [9.17, 15) is 22.1 Å². The molecule has 0 fully saturated rings. The lowest BCUT2D eigenvalue weighted by Gasteiger charge is -2.02. The van der Waals surface area contributed by atoms with Gasteiger partial charge in [-0.3, -0.25) is 4.79 Å². The molecule has 1 atom stereocenters. The van der Waals surface area contributed by atoms with Crippen LogP contribution in [-0.2, 0) is 10.9 Å². The molecule has 2 aromatic rings. The average Bonchev–Trinajstić information content (AvgIpc) is 2.47. The molecule has 0 spiro atoms. The second-order valence-corrected chi connectivity index (χ2v) is 6.41. The van der Waals surface area contributed by atoms with Crippen molar-refractivity contribution in [2.45, 2.75) is 4.90 Å². The summed E-state index contributed by atoms with van der Waals surface area (Å²) in [5.74, 6) is 0.814. The topological polar surface area (TPSA) is 17.1 Å². The summed E-state index contributed by atoms with van der Waals surface area (Å²) in [4.78, 5) is 13.3. The Labute approximate surface area is 129 Å². The first kappa shape index (κ1) is 18.3. The molecular weight excluding hydrogens is 315 g/mol. The zero-order chi connectivity index (χ0) is 16.6. The van der Waals surface area contributed by atoms with Crippen LogP contribution in [0.25, 0.3) is 0 Å². The van der Waals surface area contributed by atoms with Crippen LogP contribution in [-0.4, -0.2) is 25.0 Å². The van der Waals surface area contributed by atoms with Crippen molar-refractivity contribution in [1.82, 2.24) is 0 Å². The average molecular weight is 330 g/mol. The van der Waals surface area contributed by atoms with E-state index in [4.69, 9.17) is 0 Å². The van der Waals surface area contributed by atoms with Gasteiger partial charge in [-0.2, -0.15) is 0 Å². The maximum absolute atomic E-state index is 12.0. The summed E-state index contributed by atoms with van der Waals surface area (Å²) >= 11 is 0. The van der Waals surface area contributed by atoms with E-state index in [0.717, 1.165) is 5.56 Å². The normalized spacial score (nSPS) is 12.0. The standard InChI is InChI=1S/C15H15OS.BF4/c1-17(14-10-6-3-7-11-14)12-15(16)13-8-4-2-5-9-13;2-1(3,4)5/h2-11H,12H2,1H3;/q+1;-1. The van der Waals surface area contributed by atoms with Crippen LogP contribution >= 0.6 is 0 Å². The van der Waals surface area contributed by atoms with Gasteiger partial charge in [0.05, 0.1) is 0 Å². The molecule has 0 amide bonds. The monoisotopic (exact) mass is 330 g/mol. The van der Waals surface area contributed by atoms with Gasteiger partial charge < -0.3 is 17.3 Å². The van der Waals surface area contributed by atoms with Crippen molar-refractivity contribution in [1.29, 1.82) is 0 Å². The highest BCUT2D eigenvalue weighted by atomic mass is 32.2. The molecule has 2 aromatic carbocycles. The minimum atomic E-state index is -6.00. The Morgan fingerprint density at radius 3 is 1.77 bits per heavy atom. The minimum Gasteiger partial charge on any atom is -0.418 e. The van der Waals surface area contributed by atoms with Gasteiger partial charge in [0.15, 0.2) is 10.6 Å². The van der Waals surface area contributed by atoms with Crippen LogP contribution in [0.4, 0.5) is 17.3 Å². The largest absolute Gasteiger partial charge is 0.673 e. The van der Waals surface area contributed by atoms with Gasteiger partial charge in [-0.1, -0.05) is 48.5 Å². The Bertz CT molecular complexity index is 569. The van der Waals surface area contributed by atoms with Gasteiger partial charge in [0.1, 0.15) is 6.26 Å². The van der Waals surface area contributed by atoms with Gasteiger partial charge >= 0.3 is 7.25 Å². The summed E-state index contributed by atoms with van der Waals surface area (Å²) in [6, 6.07) is 19.7. The van der Waals surface area contributed by atoms with Crippen molar-refractivity contribution in [3.63, 3.8) is 0 Å². The van der Waals surface area contributed by atoms with Crippen LogP contribution in [0.3, 0.4) is 0 Å². The number of halogens is 4. The Hall–Kier alpha value is -1.76. The molecule has 2 rings (SSSR count). The maximum Gasteiger partial charge on any atom is 0.673 e. The van der Waals surface area contributed by atoms with Gasteiger partial charge in [-0.25, -0.2) is 0 Å². The molecule has 0 aliphatic rings. The van der Waals surface area contributed by atoms with Crippen LogP contribution < -0.4 is 0 Å². The molecule has 1 nitrogen and oxygen atoms in total. The SMILES string of the molecule is C[S+](CC(=O)c1ccccc1)c1ccccc1.F[B-](F)(F)F. The van der Waals surface area contributed by atoms with E-state index in [2.05, 4.69) is 18.4 Å². The van der Waals surface area contributed by atoms with E-state index in [1.807, 2.05) is 48.5 Å². The molecule has 0 aromatic heterocycles. The number of carbonyl (C=O) groups excluding carboxylic acids is 1. The number of benzene rings is 2. The highest BCUT2D eigenvalue weighted by Gasteiger charge is 2.21. The molecular formula is C15H15BF4OS. The van der Waals surface area contributed by atoms with Crippen LogP contribution in [0.2, 0.25) is 0 Å². The van der Waals surface area contributed by atoms with Gasteiger partial charge in [0, 0.05) is 16.5 Å². The number of hydrogen-bond donors (Lipinski definition) is 0. The fraction of sp³-hybridized carbons (Fsp3) is 0.133. The summed E-state index contributed by atoms with van der Waals surface area (Å²) in [7, 11) is -6.01.